The minimum Gasteiger partial charge on any atom is -0.394 e. The molecular formula is C21H28N10O11P2. The first-order chi connectivity index (χ1) is 21.0. The number of rotatable bonds is 8. The van der Waals surface area contributed by atoms with E-state index in [1.165, 1.54) is 23.5 Å². The zero-order chi connectivity index (χ0) is 31.8. The Hall–Kier alpha value is -3.49. The van der Waals surface area contributed by atoms with Gasteiger partial charge in [-0.1, -0.05) is 6.92 Å². The van der Waals surface area contributed by atoms with Gasteiger partial charge in [-0.25, -0.2) is 29.1 Å². The SMILES string of the molecule is C[C@H]1[C@H](O)[C@@H](COP(=O)(O)O[C@@H]2C[C@@H](CO)O[C@H]2n2cnc3c(=O)[nH]c(N)nc32)O[C@H]1n1cnc2c(N)ncnc21.O=PO. The lowest BCUT2D eigenvalue weighted by molar-refractivity contribution is -0.0597. The fourth-order valence-electron chi connectivity index (χ4n) is 5.08. The van der Waals surface area contributed by atoms with Crippen LogP contribution in [0.4, 0.5) is 11.8 Å². The summed E-state index contributed by atoms with van der Waals surface area (Å²) < 4.78 is 46.8. The predicted octanol–water partition coefficient (Wildman–Crippen LogP) is -1.01. The molecule has 0 radical (unpaired) electrons. The molecule has 2 fully saturated rings. The molecule has 0 aliphatic carbocycles. The average Bonchev–Trinajstić information content (AvgIpc) is 3.74. The molecule has 21 nitrogen and oxygen atoms in total. The predicted molar refractivity (Wildman–Crippen MR) is 147 cm³/mol. The number of fused-ring (bicyclic) bond motifs is 2. The van der Waals surface area contributed by atoms with Crippen molar-refractivity contribution in [2.45, 2.75) is 50.2 Å². The van der Waals surface area contributed by atoms with Crippen LogP contribution >= 0.6 is 16.5 Å². The van der Waals surface area contributed by atoms with Gasteiger partial charge in [0.15, 0.2) is 28.9 Å². The molecule has 0 saturated carbocycles. The van der Waals surface area contributed by atoms with Crippen molar-refractivity contribution in [2.75, 3.05) is 24.7 Å². The highest BCUT2D eigenvalue weighted by molar-refractivity contribution is 7.47. The normalized spacial score (nSPS) is 28.3. The molecule has 0 bridgehead atoms. The second kappa shape index (κ2) is 12.9. The fraction of sp³-hybridized carbons (Fsp3) is 0.524. The number of imidazole rings is 2. The number of nitrogens with one attached hydrogen (secondary N) is 1. The number of phosphoric acid groups is 1. The lowest BCUT2D eigenvalue weighted by Crippen LogP contribution is -2.29. The Kier molecular flexibility index (Phi) is 9.33. The highest BCUT2D eigenvalue weighted by Crippen LogP contribution is 2.50. The van der Waals surface area contributed by atoms with Gasteiger partial charge in [0.1, 0.15) is 30.3 Å². The minimum atomic E-state index is -4.78. The van der Waals surface area contributed by atoms with Crippen molar-refractivity contribution in [1.29, 1.82) is 0 Å². The molecule has 8 atom stereocenters. The maximum atomic E-state index is 13.0. The molecule has 4 aromatic rings. The number of H-pyrrole nitrogens is 1. The number of hydrogen-bond acceptors (Lipinski definition) is 16. The van der Waals surface area contributed by atoms with Gasteiger partial charge >= 0.3 is 16.5 Å². The van der Waals surface area contributed by atoms with Gasteiger partial charge in [-0.15, -0.1) is 0 Å². The summed E-state index contributed by atoms with van der Waals surface area (Å²) in [5.41, 5.74) is 11.7. The zero-order valence-corrected chi connectivity index (χ0v) is 24.5. The Bertz CT molecular complexity index is 1750. The number of ether oxygens (including phenoxy) is 2. The number of phosphoric ester groups is 1. The fourth-order valence-corrected chi connectivity index (χ4v) is 6.00. The van der Waals surface area contributed by atoms with Crippen molar-refractivity contribution in [1.82, 2.24) is 39.0 Å². The summed E-state index contributed by atoms with van der Waals surface area (Å²) in [4.78, 5) is 52.5. The Labute approximate surface area is 247 Å². The summed E-state index contributed by atoms with van der Waals surface area (Å²) in [5, 5.41) is 20.5. The third kappa shape index (κ3) is 6.20. The minimum absolute atomic E-state index is 0.00771. The van der Waals surface area contributed by atoms with Crippen molar-refractivity contribution >= 4 is 50.6 Å². The largest absolute Gasteiger partial charge is 0.472 e. The van der Waals surface area contributed by atoms with Crippen LogP contribution in [0.5, 0.6) is 0 Å². The quantitative estimate of drug-likeness (QED) is 0.111. The molecule has 2 aliphatic heterocycles. The first-order valence-corrected chi connectivity index (χ1v) is 15.1. The van der Waals surface area contributed by atoms with Crippen LogP contribution in [0.2, 0.25) is 0 Å². The van der Waals surface area contributed by atoms with E-state index in [0.29, 0.717) is 11.2 Å². The second-order valence-corrected chi connectivity index (χ2v) is 11.4. The number of nitrogens with two attached hydrogens (primary N) is 2. The summed E-state index contributed by atoms with van der Waals surface area (Å²) in [6.45, 7) is 0.830. The van der Waals surface area contributed by atoms with E-state index < -0.39 is 78.1 Å². The molecule has 6 rings (SSSR count). The third-order valence-corrected chi connectivity index (χ3v) is 8.10. The standard InChI is InChI=1S/C21H27N10O9P.HO2P/c1-8-14(33)11(39-19(8)30-6-26-12-15(22)24-5-25-16(12)30)4-37-41(35,36)40-10-2-9(3-32)38-20(10)31-7-27-13-17(31)28-21(23)29-18(13)34;1-3-2/h5-11,14,19-20,32-33H,2-4H2,1H3,(H,35,36)(H2,22,24,25)(H3,23,28,29,34);(H,1,2)/t8-,9-,10+,11+,14-,19+,20+;/m0./s1. The van der Waals surface area contributed by atoms with E-state index in [1.807, 2.05) is 0 Å². The molecule has 4 aromatic heterocycles. The lowest BCUT2D eigenvalue weighted by atomic mass is 10.0. The van der Waals surface area contributed by atoms with Crippen LogP contribution in [0.15, 0.2) is 23.8 Å². The molecule has 6 heterocycles. The number of nitrogen functional groups attached to an aromatic ring is 2. The Balaban J connectivity index is 0.00000123. The number of hydrogen-bond donors (Lipinski definition) is 7. The van der Waals surface area contributed by atoms with E-state index in [0.717, 1.165) is 0 Å². The molecule has 44 heavy (non-hydrogen) atoms. The molecule has 238 valence electrons. The molecule has 0 amide bonds. The van der Waals surface area contributed by atoms with Gasteiger partial charge in [0.2, 0.25) is 5.95 Å². The monoisotopic (exact) mass is 658 g/mol. The molecule has 9 N–H and O–H groups in total. The van der Waals surface area contributed by atoms with Crippen LogP contribution in [0.3, 0.4) is 0 Å². The average molecular weight is 658 g/mol. The van der Waals surface area contributed by atoms with E-state index >= 15 is 0 Å². The molecular weight excluding hydrogens is 630 g/mol. The molecule has 2 saturated heterocycles. The molecule has 0 spiro atoms. The summed E-state index contributed by atoms with van der Waals surface area (Å²) in [7, 11) is -5.61. The highest BCUT2D eigenvalue weighted by atomic mass is 31.2. The molecule has 2 aliphatic rings. The van der Waals surface area contributed by atoms with Crippen molar-refractivity contribution in [2.24, 2.45) is 5.92 Å². The van der Waals surface area contributed by atoms with Gasteiger partial charge < -0.3 is 40.9 Å². The summed E-state index contributed by atoms with van der Waals surface area (Å²) >= 11 is 0. The summed E-state index contributed by atoms with van der Waals surface area (Å²) in [6.07, 6.45) is -1.80. The van der Waals surface area contributed by atoms with E-state index in [9.17, 15) is 24.5 Å². The third-order valence-electron chi connectivity index (χ3n) is 7.09. The van der Waals surface area contributed by atoms with E-state index in [2.05, 4.69) is 29.9 Å². The van der Waals surface area contributed by atoms with Crippen LogP contribution in [0.1, 0.15) is 25.8 Å². The van der Waals surface area contributed by atoms with Gasteiger partial charge in [0.25, 0.3) is 5.56 Å². The van der Waals surface area contributed by atoms with Gasteiger partial charge in [0.05, 0.1) is 38.1 Å². The van der Waals surface area contributed by atoms with Gasteiger partial charge in [-0.05, 0) is 0 Å². The number of aliphatic hydroxyl groups excluding tert-OH is 2. The topological polar surface area (TPSA) is 311 Å². The van der Waals surface area contributed by atoms with E-state index in [1.54, 1.807) is 11.5 Å². The summed E-state index contributed by atoms with van der Waals surface area (Å²) in [5.74, 6) is -0.464. The molecule has 1 unspecified atom stereocenters. The smallest absolute Gasteiger partial charge is 0.394 e. The van der Waals surface area contributed by atoms with E-state index in [-0.39, 0.29) is 29.4 Å². The number of anilines is 2. The Morgan fingerprint density at radius 1 is 1.14 bits per heavy atom. The lowest BCUT2D eigenvalue weighted by Gasteiger charge is -2.23. The van der Waals surface area contributed by atoms with Crippen molar-refractivity contribution < 1.29 is 47.7 Å². The van der Waals surface area contributed by atoms with Crippen molar-refractivity contribution in [3.8, 4) is 0 Å². The van der Waals surface area contributed by atoms with Crippen LogP contribution in [0, 0.1) is 5.92 Å². The van der Waals surface area contributed by atoms with Crippen molar-refractivity contribution in [3.63, 3.8) is 0 Å². The second-order valence-electron chi connectivity index (χ2n) is 9.83. The highest BCUT2D eigenvalue weighted by Gasteiger charge is 2.46. The molecule has 0 aromatic carbocycles. The number of nitrogens with zero attached hydrogens (tertiary/aromatic N) is 7. The van der Waals surface area contributed by atoms with Crippen LogP contribution in [0.25, 0.3) is 22.3 Å². The number of aromatic nitrogens is 8. The maximum absolute atomic E-state index is 13.0. The van der Waals surface area contributed by atoms with Gasteiger partial charge in [-0.2, -0.15) is 4.98 Å². The first-order valence-electron chi connectivity index (χ1n) is 12.9. The Morgan fingerprint density at radius 3 is 2.52 bits per heavy atom. The zero-order valence-electron chi connectivity index (χ0n) is 22.7. The van der Waals surface area contributed by atoms with E-state index in [4.69, 9.17) is 39.4 Å². The van der Waals surface area contributed by atoms with Crippen LogP contribution in [-0.2, 0) is 27.7 Å². The number of aliphatic hydroxyl groups is 2. The maximum Gasteiger partial charge on any atom is 0.472 e. The summed E-state index contributed by atoms with van der Waals surface area (Å²) in [6, 6.07) is 0. The first kappa shape index (κ1) is 31.9. The van der Waals surface area contributed by atoms with Gasteiger partial charge in [-0.3, -0.25) is 28.0 Å². The Morgan fingerprint density at radius 2 is 1.82 bits per heavy atom. The van der Waals surface area contributed by atoms with Crippen LogP contribution < -0.4 is 17.0 Å². The van der Waals surface area contributed by atoms with Gasteiger partial charge in [0, 0.05) is 12.3 Å². The van der Waals surface area contributed by atoms with Crippen LogP contribution in [-0.4, -0.2) is 96.7 Å². The number of aromatic amines is 1. The molecule has 23 heteroatoms. The van der Waals surface area contributed by atoms with Crippen molar-refractivity contribution in [3.05, 3.63) is 29.3 Å².